The third-order valence-electron chi connectivity index (χ3n) is 3.04. The van der Waals surface area contributed by atoms with E-state index in [1.807, 2.05) is 0 Å². The Labute approximate surface area is 116 Å². The number of anilines is 1. The monoisotopic (exact) mass is 263 g/mol. The Balaban J connectivity index is 2.57. The molecule has 19 heavy (non-hydrogen) atoms. The fraction of sp³-hybridized carbons (Fsp3) is 0.600. The average molecular weight is 263 g/mol. The molecule has 0 aromatic carbocycles. The summed E-state index contributed by atoms with van der Waals surface area (Å²) in [6, 6.07) is 3.90. The number of hydrogen-bond donors (Lipinski definition) is 2. The van der Waals surface area contributed by atoms with Gasteiger partial charge in [0, 0.05) is 24.3 Å². The number of aromatic nitrogens is 1. The van der Waals surface area contributed by atoms with Crippen LogP contribution in [0.5, 0.6) is 0 Å². The molecule has 0 aliphatic rings. The topological polar surface area (TPSA) is 54.0 Å². The Morgan fingerprint density at radius 3 is 2.74 bits per heavy atom. The summed E-state index contributed by atoms with van der Waals surface area (Å²) < 4.78 is 0. The van der Waals surface area contributed by atoms with Gasteiger partial charge < -0.3 is 10.6 Å². The Hall–Kier alpha value is -1.58. The first kappa shape index (κ1) is 15.5. The molecule has 2 N–H and O–H groups in total. The molecule has 1 amide bonds. The lowest BCUT2D eigenvalue weighted by Crippen LogP contribution is -2.25. The highest BCUT2D eigenvalue weighted by atomic mass is 16.1. The van der Waals surface area contributed by atoms with E-state index in [0.29, 0.717) is 24.1 Å². The number of hydrogen-bond acceptors (Lipinski definition) is 3. The molecule has 1 unspecified atom stereocenters. The standard InChI is InChI=1S/C15H25N3O/c1-5-12(4)18-14-10-13(7-9-16-14)15(19)17-8-6-11(2)3/h7,9-12H,5-6,8H2,1-4H3,(H,16,18)(H,17,19). The Kier molecular flexibility index (Phi) is 6.33. The van der Waals surface area contributed by atoms with Gasteiger partial charge in [-0.1, -0.05) is 20.8 Å². The van der Waals surface area contributed by atoms with E-state index in [0.717, 1.165) is 18.7 Å². The van der Waals surface area contributed by atoms with Gasteiger partial charge >= 0.3 is 0 Å². The smallest absolute Gasteiger partial charge is 0.251 e. The minimum absolute atomic E-state index is 0.0322. The lowest BCUT2D eigenvalue weighted by Gasteiger charge is -2.13. The van der Waals surface area contributed by atoms with Gasteiger partial charge in [-0.2, -0.15) is 0 Å². The van der Waals surface area contributed by atoms with Crippen molar-refractivity contribution >= 4 is 11.7 Å². The van der Waals surface area contributed by atoms with Crippen LogP contribution < -0.4 is 10.6 Å². The lowest BCUT2D eigenvalue weighted by atomic mass is 10.1. The van der Waals surface area contributed by atoms with Crippen LogP contribution in [-0.2, 0) is 0 Å². The summed E-state index contributed by atoms with van der Waals surface area (Å²) in [5, 5.41) is 6.20. The van der Waals surface area contributed by atoms with Gasteiger partial charge in [0.05, 0.1) is 0 Å². The predicted octanol–water partition coefficient (Wildman–Crippen LogP) is 3.07. The van der Waals surface area contributed by atoms with Crippen molar-refractivity contribution in [2.24, 2.45) is 5.92 Å². The highest BCUT2D eigenvalue weighted by molar-refractivity contribution is 5.94. The number of amides is 1. The molecule has 1 rings (SSSR count). The molecule has 0 saturated heterocycles. The average Bonchev–Trinajstić information content (AvgIpc) is 2.38. The van der Waals surface area contributed by atoms with Gasteiger partial charge in [0.15, 0.2) is 0 Å². The van der Waals surface area contributed by atoms with Crippen LogP contribution in [-0.4, -0.2) is 23.5 Å². The zero-order valence-corrected chi connectivity index (χ0v) is 12.4. The van der Waals surface area contributed by atoms with E-state index in [9.17, 15) is 4.79 Å². The fourth-order valence-corrected chi connectivity index (χ4v) is 1.58. The van der Waals surface area contributed by atoms with Gasteiger partial charge in [0.25, 0.3) is 5.91 Å². The molecule has 0 spiro atoms. The van der Waals surface area contributed by atoms with E-state index in [1.165, 1.54) is 0 Å². The SMILES string of the molecule is CCC(C)Nc1cc(C(=O)NCCC(C)C)ccn1. The molecule has 0 fully saturated rings. The Morgan fingerprint density at radius 2 is 2.11 bits per heavy atom. The largest absolute Gasteiger partial charge is 0.368 e. The first-order chi connectivity index (χ1) is 9.02. The summed E-state index contributed by atoms with van der Waals surface area (Å²) in [7, 11) is 0. The van der Waals surface area contributed by atoms with Crippen molar-refractivity contribution in [2.75, 3.05) is 11.9 Å². The van der Waals surface area contributed by atoms with Crippen molar-refractivity contribution in [3.63, 3.8) is 0 Å². The highest BCUT2D eigenvalue weighted by Gasteiger charge is 2.07. The third kappa shape index (κ3) is 5.73. The van der Waals surface area contributed by atoms with Crippen LogP contribution in [0.4, 0.5) is 5.82 Å². The van der Waals surface area contributed by atoms with Crippen molar-refractivity contribution in [2.45, 2.75) is 46.6 Å². The third-order valence-corrected chi connectivity index (χ3v) is 3.04. The normalized spacial score (nSPS) is 12.3. The number of nitrogens with zero attached hydrogens (tertiary/aromatic N) is 1. The molecule has 0 saturated carbocycles. The molecule has 1 aromatic rings. The van der Waals surface area contributed by atoms with Crippen LogP contribution >= 0.6 is 0 Å². The van der Waals surface area contributed by atoms with Gasteiger partial charge in [0.1, 0.15) is 5.82 Å². The summed E-state index contributed by atoms with van der Waals surface area (Å²) >= 11 is 0. The molecule has 0 radical (unpaired) electrons. The van der Waals surface area contributed by atoms with Gasteiger partial charge in [-0.05, 0) is 37.8 Å². The van der Waals surface area contributed by atoms with Gasteiger partial charge in [-0.25, -0.2) is 4.98 Å². The van der Waals surface area contributed by atoms with E-state index in [4.69, 9.17) is 0 Å². The zero-order valence-electron chi connectivity index (χ0n) is 12.4. The summed E-state index contributed by atoms with van der Waals surface area (Å²) in [5.41, 5.74) is 0.657. The maximum Gasteiger partial charge on any atom is 0.251 e. The number of rotatable bonds is 7. The number of pyridine rings is 1. The zero-order chi connectivity index (χ0) is 14.3. The molecule has 0 aliphatic heterocycles. The molecular formula is C15H25N3O. The number of carbonyl (C=O) groups excluding carboxylic acids is 1. The van der Waals surface area contributed by atoms with Gasteiger partial charge in [-0.15, -0.1) is 0 Å². The van der Waals surface area contributed by atoms with Crippen LogP contribution in [0.25, 0.3) is 0 Å². The second-order valence-corrected chi connectivity index (χ2v) is 5.32. The van der Waals surface area contributed by atoms with Crippen molar-refractivity contribution in [1.29, 1.82) is 0 Å². The molecule has 0 bridgehead atoms. The molecular weight excluding hydrogens is 238 g/mol. The second-order valence-electron chi connectivity index (χ2n) is 5.32. The highest BCUT2D eigenvalue weighted by Crippen LogP contribution is 2.09. The van der Waals surface area contributed by atoms with E-state index in [1.54, 1.807) is 18.3 Å². The molecule has 1 aromatic heterocycles. The maximum atomic E-state index is 12.0. The summed E-state index contributed by atoms with van der Waals surface area (Å²) in [6.45, 7) is 9.21. The summed E-state index contributed by atoms with van der Waals surface area (Å²) in [5.74, 6) is 1.32. The van der Waals surface area contributed by atoms with Crippen molar-refractivity contribution in [1.82, 2.24) is 10.3 Å². The molecule has 0 aliphatic carbocycles. The maximum absolute atomic E-state index is 12.0. The van der Waals surface area contributed by atoms with Crippen LogP contribution in [0.3, 0.4) is 0 Å². The minimum atomic E-state index is -0.0322. The summed E-state index contributed by atoms with van der Waals surface area (Å²) in [4.78, 5) is 16.2. The van der Waals surface area contributed by atoms with E-state index < -0.39 is 0 Å². The van der Waals surface area contributed by atoms with Crippen LogP contribution in [0.15, 0.2) is 18.3 Å². The predicted molar refractivity (Wildman–Crippen MR) is 79.4 cm³/mol. The van der Waals surface area contributed by atoms with Crippen LogP contribution in [0.1, 0.15) is 50.9 Å². The fourth-order valence-electron chi connectivity index (χ4n) is 1.58. The molecule has 1 heterocycles. The summed E-state index contributed by atoms with van der Waals surface area (Å²) in [6.07, 6.45) is 3.68. The van der Waals surface area contributed by atoms with Crippen molar-refractivity contribution in [3.8, 4) is 0 Å². The minimum Gasteiger partial charge on any atom is -0.368 e. The Bertz CT molecular complexity index is 404. The van der Waals surface area contributed by atoms with Crippen molar-refractivity contribution < 1.29 is 4.79 Å². The molecule has 4 nitrogen and oxygen atoms in total. The van der Waals surface area contributed by atoms with Gasteiger partial charge in [-0.3, -0.25) is 4.79 Å². The van der Waals surface area contributed by atoms with Gasteiger partial charge in [0.2, 0.25) is 0 Å². The lowest BCUT2D eigenvalue weighted by molar-refractivity contribution is 0.0952. The van der Waals surface area contributed by atoms with E-state index >= 15 is 0 Å². The molecule has 106 valence electrons. The number of carbonyl (C=O) groups is 1. The quantitative estimate of drug-likeness (QED) is 0.795. The first-order valence-electron chi connectivity index (χ1n) is 7.03. The Morgan fingerprint density at radius 1 is 1.37 bits per heavy atom. The van der Waals surface area contributed by atoms with E-state index in [2.05, 4.69) is 43.3 Å². The molecule has 1 atom stereocenters. The second kappa shape index (κ2) is 7.77. The number of nitrogens with one attached hydrogen (secondary N) is 2. The molecule has 4 heteroatoms. The van der Waals surface area contributed by atoms with Crippen molar-refractivity contribution in [3.05, 3.63) is 23.9 Å². The van der Waals surface area contributed by atoms with Crippen LogP contribution in [0, 0.1) is 5.92 Å². The van der Waals surface area contributed by atoms with Crippen LogP contribution in [0.2, 0.25) is 0 Å². The first-order valence-corrected chi connectivity index (χ1v) is 7.03. The van der Waals surface area contributed by atoms with E-state index in [-0.39, 0.29) is 5.91 Å².